The molecule has 1 N–H and O–H groups in total. The highest BCUT2D eigenvalue weighted by molar-refractivity contribution is 5.71. The fourth-order valence-electron chi connectivity index (χ4n) is 3.20. The second kappa shape index (κ2) is 6.50. The Labute approximate surface area is 151 Å². The van der Waals surface area contributed by atoms with Crippen molar-refractivity contribution >= 4 is 28.9 Å². The maximum Gasteiger partial charge on any atom is 0.303 e. The summed E-state index contributed by atoms with van der Waals surface area (Å²) >= 11 is 0. The highest BCUT2D eigenvalue weighted by Crippen LogP contribution is 2.32. The lowest BCUT2D eigenvalue weighted by Crippen LogP contribution is -2.31. The summed E-state index contributed by atoms with van der Waals surface area (Å²) in [6, 6.07) is 0. The first kappa shape index (κ1) is 17.2. The van der Waals surface area contributed by atoms with Gasteiger partial charge in [0.1, 0.15) is 30.7 Å². The first-order chi connectivity index (χ1) is 12.9. The van der Waals surface area contributed by atoms with Gasteiger partial charge in [0, 0.05) is 32.7 Å². The zero-order valence-corrected chi connectivity index (χ0v) is 14.6. The number of nitrogens with zero attached hydrogens (tertiary/aromatic N) is 4. The summed E-state index contributed by atoms with van der Waals surface area (Å²) in [5.41, 5.74) is 0.371. The van der Waals surface area contributed by atoms with Crippen LogP contribution in [0.15, 0.2) is 23.5 Å². The Morgan fingerprint density at radius 1 is 1.33 bits per heavy atom. The number of hydrogen-bond donors (Lipinski definition) is 1. The number of aromatic amines is 1. The Kier molecular flexibility index (Phi) is 4.15. The van der Waals surface area contributed by atoms with Crippen LogP contribution in [0.5, 0.6) is 0 Å². The van der Waals surface area contributed by atoms with Crippen LogP contribution in [0.3, 0.4) is 0 Å². The van der Waals surface area contributed by atoms with Crippen molar-refractivity contribution in [1.29, 1.82) is 0 Å². The molecule has 0 amide bonds. The van der Waals surface area contributed by atoms with Gasteiger partial charge in [-0.2, -0.15) is 0 Å². The van der Waals surface area contributed by atoms with E-state index in [0.717, 1.165) is 0 Å². The number of ether oxygens (including phenoxy) is 3. The number of hydrogen-bond acceptors (Lipinski definition) is 8. The van der Waals surface area contributed by atoms with Gasteiger partial charge < -0.3 is 19.2 Å². The maximum absolute atomic E-state index is 12.5. The van der Waals surface area contributed by atoms with Crippen LogP contribution in [0.4, 0.5) is 0 Å². The van der Waals surface area contributed by atoms with Gasteiger partial charge >= 0.3 is 11.9 Å². The van der Waals surface area contributed by atoms with Crippen LogP contribution in [-0.4, -0.2) is 54.7 Å². The van der Waals surface area contributed by atoms with Crippen molar-refractivity contribution in [2.45, 2.75) is 38.7 Å². The molecule has 4 heterocycles. The van der Waals surface area contributed by atoms with Gasteiger partial charge in [0.05, 0.1) is 6.33 Å². The standard InChI is InChI=1S/C16H17N5O6/c1-8(22)25-6-11-10(26-9(2)23)5-12(27-11)21-7-18-13-14(21)19-16-17-3-4-20(16)15(13)24/h3-4,7,10-12H,5-6H2,1-2H3,(H,17,19)/t10-,11+,12+/m0/s1. The molecule has 3 atom stereocenters. The minimum Gasteiger partial charge on any atom is -0.463 e. The molecule has 11 nitrogen and oxygen atoms in total. The lowest BCUT2D eigenvalue weighted by molar-refractivity contribution is -0.155. The first-order valence-electron chi connectivity index (χ1n) is 8.32. The van der Waals surface area contributed by atoms with E-state index in [2.05, 4.69) is 15.0 Å². The molecule has 4 rings (SSSR count). The van der Waals surface area contributed by atoms with Crippen LogP contribution in [0.2, 0.25) is 0 Å². The highest BCUT2D eigenvalue weighted by atomic mass is 16.6. The van der Waals surface area contributed by atoms with Gasteiger partial charge in [-0.05, 0) is 0 Å². The fraction of sp³-hybridized carbons (Fsp3) is 0.438. The molecular formula is C16H17N5O6. The van der Waals surface area contributed by atoms with Crippen LogP contribution in [0.1, 0.15) is 26.5 Å². The van der Waals surface area contributed by atoms with Crippen molar-refractivity contribution in [3.05, 3.63) is 29.1 Å². The Balaban J connectivity index is 1.68. The summed E-state index contributed by atoms with van der Waals surface area (Å²) in [7, 11) is 0. The molecule has 0 aliphatic carbocycles. The molecule has 1 aliphatic heterocycles. The second-order valence-corrected chi connectivity index (χ2v) is 6.22. The minimum atomic E-state index is -0.623. The van der Waals surface area contributed by atoms with Crippen molar-refractivity contribution in [3.8, 4) is 0 Å². The topological polar surface area (TPSA) is 130 Å². The molecular weight excluding hydrogens is 358 g/mol. The van der Waals surface area contributed by atoms with Gasteiger partial charge in [-0.15, -0.1) is 0 Å². The largest absolute Gasteiger partial charge is 0.463 e. The molecule has 0 radical (unpaired) electrons. The number of rotatable bonds is 4. The SMILES string of the molecule is CC(=O)OC[C@H]1O[C@@H](n2cnc3c(=O)n4ccnc4[nH]c32)C[C@@H]1OC(C)=O. The number of nitrogens with one attached hydrogen (secondary N) is 1. The molecule has 0 spiro atoms. The molecule has 0 bridgehead atoms. The average Bonchev–Trinajstić information content (AvgIpc) is 3.30. The van der Waals surface area contributed by atoms with Crippen LogP contribution >= 0.6 is 0 Å². The Morgan fingerprint density at radius 2 is 2.15 bits per heavy atom. The third-order valence-electron chi connectivity index (χ3n) is 4.35. The Bertz CT molecular complexity index is 1080. The zero-order valence-electron chi connectivity index (χ0n) is 14.6. The van der Waals surface area contributed by atoms with Crippen molar-refractivity contribution in [2.24, 2.45) is 0 Å². The molecule has 0 aromatic carbocycles. The van der Waals surface area contributed by atoms with E-state index in [1.165, 1.54) is 30.8 Å². The number of aromatic nitrogens is 5. The summed E-state index contributed by atoms with van der Waals surface area (Å²) in [5, 5.41) is 0. The summed E-state index contributed by atoms with van der Waals surface area (Å²) in [4.78, 5) is 46.3. The van der Waals surface area contributed by atoms with E-state index in [9.17, 15) is 14.4 Å². The van der Waals surface area contributed by atoms with E-state index < -0.39 is 30.4 Å². The monoisotopic (exact) mass is 375 g/mol. The fourth-order valence-corrected chi connectivity index (χ4v) is 3.20. The van der Waals surface area contributed by atoms with Crippen LogP contribution < -0.4 is 5.56 Å². The van der Waals surface area contributed by atoms with Crippen LogP contribution in [0.25, 0.3) is 16.9 Å². The number of imidazole rings is 2. The van der Waals surface area contributed by atoms with Gasteiger partial charge in [-0.1, -0.05) is 0 Å². The van der Waals surface area contributed by atoms with E-state index in [1.807, 2.05) is 0 Å². The number of carbonyl (C=O) groups is 2. The van der Waals surface area contributed by atoms with Gasteiger partial charge in [0.25, 0.3) is 5.56 Å². The Morgan fingerprint density at radius 3 is 2.89 bits per heavy atom. The molecule has 0 saturated carbocycles. The van der Waals surface area contributed by atoms with Gasteiger partial charge in [-0.25, -0.2) is 14.4 Å². The first-order valence-corrected chi connectivity index (χ1v) is 8.32. The molecule has 1 fully saturated rings. The quantitative estimate of drug-likeness (QED) is 0.638. The van der Waals surface area contributed by atoms with Crippen LogP contribution in [-0.2, 0) is 23.8 Å². The number of esters is 2. The van der Waals surface area contributed by atoms with E-state index in [4.69, 9.17) is 14.2 Å². The highest BCUT2D eigenvalue weighted by Gasteiger charge is 2.40. The second-order valence-electron chi connectivity index (χ2n) is 6.22. The van der Waals surface area contributed by atoms with Crippen molar-refractivity contribution in [1.82, 2.24) is 23.9 Å². The summed E-state index contributed by atoms with van der Waals surface area (Å²) in [6.45, 7) is 2.55. The van der Waals surface area contributed by atoms with E-state index in [0.29, 0.717) is 17.8 Å². The lowest BCUT2D eigenvalue weighted by Gasteiger charge is -2.17. The number of H-pyrrole nitrogens is 1. The van der Waals surface area contributed by atoms with Crippen molar-refractivity contribution in [2.75, 3.05) is 6.61 Å². The Hall–Kier alpha value is -3.21. The summed E-state index contributed by atoms with van der Waals surface area (Å²) in [6.07, 6.45) is 3.07. The van der Waals surface area contributed by atoms with Crippen molar-refractivity contribution < 1.29 is 23.8 Å². The molecule has 11 heteroatoms. The van der Waals surface area contributed by atoms with E-state index in [-0.39, 0.29) is 17.7 Å². The maximum atomic E-state index is 12.5. The van der Waals surface area contributed by atoms with Gasteiger partial charge in [-0.3, -0.25) is 19.0 Å². The number of fused-ring (bicyclic) bond motifs is 2. The molecule has 3 aromatic rings. The molecule has 27 heavy (non-hydrogen) atoms. The molecule has 3 aromatic heterocycles. The summed E-state index contributed by atoms with van der Waals surface area (Å²) in [5.74, 6) is -0.539. The third-order valence-corrected chi connectivity index (χ3v) is 4.35. The molecule has 1 saturated heterocycles. The van der Waals surface area contributed by atoms with E-state index in [1.54, 1.807) is 10.8 Å². The van der Waals surface area contributed by atoms with Gasteiger partial charge in [0.2, 0.25) is 5.78 Å². The third kappa shape index (κ3) is 3.05. The van der Waals surface area contributed by atoms with Crippen LogP contribution in [0, 0.1) is 0 Å². The minimum absolute atomic E-state index is 0.0442. The molecule has 142 valence electrons. The average molecular weight is 375 g/mol. The predicted molar refractivity (Wildman–Crippen MR) is 89.8 cm³/mol. The predicted octanol–water partition coefficient (Wildman–Crippen LogP) is 0.155. The lowest BCUT2D eigenvalue weighted by atomic mass is 10.2. The molecule has 1 aliphatic rings. The molecule has 0 unspecified atom stereocenters. The number of carbonyl (C=O) groups excluding carboxylic acids is 2. The normalized spacial score (nSPS) is 22.4. The summed E-state index contributed by atoms with van der Waals surface area (Å²) < 4.78 is 19.2. The van der Waals surface area contributed by atoms with Gasteiger partial charge in [0.15, 0.2) is 5.52 Å². The van der Waals surface area contributed by atoms with E-state index >= 15 is 0 Å². The zero-order chi connectivity index (χ0) is 19.1. The smallest absolute Gasteiger partial charge is 0.303 e. The van der Waals surface area contributed by atoms with Crippen molar-refractivity contribution in [3.63, 3.8) is 0 Å².